The molecule has 0 aliphatic heterocycles. The number of rotatable bonds is 8. The summed E-state index contributed by atoms with van der Waals surface area (Å²) in [5.74, 6) is 0.947. The summed E-state index contributed by atoms with van der Waals surface area (Å²) < 4.78 is 11.4. The lowest BCUT2D eigenvalue weighted by Crippen LogP contribution is -2.36. The predicted molar refractivity (Wildman–Crippen MR) is 88.5 cm³/mol. The van der Waals surface area contributed by atoms with Gasteiger partial charge in [0.15, 0.2) is 0 Å². The van der Waals surface area contributed by atoms with Crippen LogP contribution in [-0.4, -0.2) is 43.6 Å². The fraction of sp³-hybridized carbons (Fsp3) is 0.667. The number of hydrogen-bond acceptors (Lipinski definition) is 4. The highest BCUT2D eigenvalue weighted by atomic mass is 16.5. The maximum atomic E-state index is 9.46. The van der Waals surface area contributed by atoms with Crippen LogP contribution in [0.1, 0.15) is 36.8 Å². The Kier molecular flexibility index (Phi) is 7.16. The Morgan fingerprint density at radius 1 is 1.09 bits per heavy atom. The molecule has 2 rings (SSSR count). The first kappa shape index (κ1) is 17.3. The third kappa shape index (κ3) is 5.59. The highest BCUT2D eigenvalue weighted by molar-refractivity contribution is 5.38. The predicted octanol–water partition coefficient (Wildman–Crippen LogP) is 2.59. The molecular formula is C18H29NO3. The van der Waals surface area contributed by atoms with Crippen molar-refractivity contribution in [2.75, 3.05) is 26.4 Å². The highest BCUT2D eigenvalue weighted by Crippen LogP contribution is 2.20. The van der Waals surface area contributed by atoms with Crippen LogP contribution in [0.3, 0.4) is 0 Å². The molecule has 0 aromatic heterocycles. The van der Waals surface area contributed by atoms with Crippen LogP contribution >= 0.6 is 0 Å². The molecule has 0 amide bonds. The molecule has 0 spiro atoms. The van der Waals surface area contributed by atoms with E-state index in [0.29, 0.717) is 25.9 Å². The van der Waals surface area contributed by atoms with Crippen LogP contribution in [0, 0.1) is 13.8 Å². The average Bonchev–Trinajstić information content (AvgIpc) is 2.52. The molecule has 1 fully saturated rings. The molecule has 1 aliphatic carbocycles. The zero-order chi connectivity index (χ0) is 15.8. The third-order valence-corrected chi connectivity index (χ3v) is 4.42. The fourth-order valence-corrected chi connectivity index (χ4v) is 2.81. The fourth-order valence-electron chi connectivity index (χ4n) is 2.81. The Hall–Kier alpha value is -1.10. The topological polar surface area (TPSA) is 50.7 Å². The molecule has 0 saturated heterocycles. The average molecular weight is 307 g/mol. The second kappa shape index (κ2) is 9.13. The molecular weight excluding hydrogens is 278 g/mol. The molecule has 0 radical (unpaired) electrons. The molecule has 1 aromatic rings. The van der Waals surface area contributed by atoms with E-state index in [0.717, 1.165) is 38.0 Å². The summed E-state index contributed by atoms with van der Waals surface area (Å²) in [5.41, 5.74) is 2.45. The van der Waals surface area contributed by atoms with Crippen molar-refractivity contribution in [1.82, 2.24) is 5.32 Å². The molecule has 4 nitrogen and oxygen atoms in total. The zero-order valence-corrected chi connectivity index (χ0v) is 13.8. The maximum absolute atomic E-state index is 9.46. The Morgan fingerprint density at radius 2 is 1.86 bits per heavy atom. The van der Waals surface area contributed by atoms with Crippen LogP contribution in [0.4, 0.5) is 0 Å². The van der Waals surface area contributed by atoms with E-state index in [-0.39, 0.29) is 6.10 Å². The minimum absolute atomic E-state index is 0.0865. The third-order valence-electron chi connectivity index (χ3n) is 4.42. The lowest BCUT2D eigenvalue weighted by molar-refractivity contribution is 0.0921. The van der Waals surface area contributed by atoms with E-state index in [9.17, 15) is 5.11 Å². The largest absolute Gasteiger partial charge is 0.491 e. The molecule has 1 aromatic carbocycles. The van der Waals surface area contributed by atoms with Crippen molar-refractivity contribution in [3.63, 3.8) is 0 Å². The Morgan fingerprint density at radius 3 is 2.64 bits per heavy atom. The second-order valence-corrected chi connectivity index (χ2v) is 6.12. The van der Waals surface area contributed by atoms with Gasteiger partial charge in [0.2, 0.25) is 0 Å². The van der Waals surface area contributed by atoms with Gasteiger partial charge in [-0.3, -0.25) is 0 Å². The molecule has 22 heavy (non-hydrogen) atoms. The van der Waals surface area contributed by atoms with E-state index < -0.39 is 0 Å². The summed E-state index contributed by atoms with van der Waals surface area (Å²) in [6.45, 7) is 6.93. The van der Waals surface area contributed by atoms with Gasteiger partial charge in [0.05, 0.1) is 19.3 Å². The van der Waals surface area contributed by atoms with Gasteiger partial charge in [-0.15, -0.1) is 0 Å². The minimum Gasteiger partial charge on any atom is -0.491 e. The number of benzene rings is 1. The minimum atomic E-state index is -0.0865. The van der Waals surface area contributed by atoms with Gasteiger partial charge in [0.25, 0.3) is 0 Å². The van der Waals surface area contributed by atoms with Crippen LogP contribution in [0.25, 0.3) is 0 Å². The van der Waals surface area contributed by atoms with Crippen molar-refractivity contribution >= 4 is 0 Å². The van der Waals surface area contributed by atoms with Crippen molar-refractivity contribution < 1.29 is 14.6 Å². The van der Waals surface area contributed by atoms with E-state index in [1.54, 1.807) is 0 Å². The molecule has 2 N–H and O–H groups in total. The second-order valence-electron chi connectivity index (χ2n) is 6.12. The van der Waals surface area contributed by atoms with Crippen molar-refractivity contribution in [3.05, 3.63) is 29.3 Å². The number of aliphatic hydroxyl groups is 1. The van der Waals surface area contributed by atoms with E-state index in [1.165, 1.54) is 11.1 Å². The summed E-state index contributed by atoms with van der Waals surface area (Å²) in [5, 5.41) is 13.0. The quantitative estimate of drug-likeness (QED) is 0.725. The van der Waals surface area contributed by atoms with Gasteiger partial charge in [-0.1, -0.05) is 12.1 Å². The standard InChI is InChI=1S/C18H29NO3/c1-14-4-3-5-18(15(14)2)22-13-12-21-11-10-19-16-6-8-17(20)9-7-16/h3-5,16-17,19-20H,6-13H2,1-2H3. The highest BCUT2D eigenvalue weighted by Gasteiger charge is 2.18. The molecule has 4 heteroatoms. The summed E-state index contributed by atoms with van der Waals surface area (Å²) in [7, 11) is 0. The van der Waals surface area contributed by atoms with E-state index in [4.69, 9.17) is 9.47 Å². The van der Waals surface area contributed by atoms with Crippen LogP contribution in [-0.2, 0) is 4.74 Å². The number of hydrogen-bond donors (Lipinski definition) is 2. The Labute approximate surface area is 133 Å². The normalized spacial score (nSPS) is 21.8. The molecule has 0 unspecified atom stereocenters. The molecule has 0 heterocycles. The van der Waals surface area contributed by atoms with E-state index in [2.05, 4.69) is 25.2 Å². The maximum Gasteiger partial charge on any atom is 0.122 e. The summed E-state index contributed by atoms with van der Waals surface area (Å²) in [6.07, 6.45) is 3.88. The molecule has 1 aliphatic rings. The molecule has 1 saturated carbocycles. The molecule has 0 atom stereocenters. The number of ether oxygens (including phenoxy) is 2. The van der Waals surface area contributed by atoms with Crippen LogP contribution in [0.5, 0.6) is 5.75 Å². The van der Waals surface area contributed by atoms with Gasteiger partial charge in [0, 0.05) is 12.6 Å². The van der Waals surface area contributed by atoms with Crippen molar-refractivity contribution in [2.24, 2.45) is 0 Å². The SMILES string of the molecule is Cc1cccc(OCCOCCNC2CCC(O)CC2)c1C. The van der Waals surface area contributed by atoms with Gasteiger partial charge in [-0.25, -0.2) is 0 Å². The Balaban J connectivity index is 1.50. The van der Waals surface area contributed by atoms with Crippen LogP contribution in [0.15, 0.2) is 18.2 Å². The lowest BCUT2D eigenvalue weighted by atomic mass is 9.93. The molecule has 0 bridgehead atoms. The number of nitrogens with one attached hydrogen (secondary N) is 1. The first-order valence-corrected chi connectivity index (χ1v) is 8.35. The van der Waals surface area contributed by atoms with Gasteiger partial charge in [-0.05, 0) is 56.7 Å². The summed E-state index contributed by atoms with van der Waals surface area (Å²) in [4.78, 5) is 0. The monoisotopic (exact) mass is 307 g/mol. The summed E-state index contributed by atoms with van der Waals surface area (Å²) in [6, 6.07) is 6.65. The smallest absolute Gasteiger partial charge is 0.122 e. The Bertz CT molecular complexity index is 442. The first-order chi connectivity index (χ1) is 10.7. The number of aryl methyl sites for hydroxylation is 1. The van der Waals surface area contributed by atoms with Gasteiger partial charge in [-0.2, -0.15) is 0 Å². The van der Waals surface area contributed by atoms with Crippen molar-refractivity contribution in [1.29, 1.82) is 0 Å². The van der Waals surface area contributed by atoms with E-state index >= 15 is 0 Å². The first-order valence-electron chi connectivity index (χ1n) is 8.35. The van der Waals surface area contributed by atoms with Crippen molar-refractivity contribution in [3.8, 4) is 5.75 Å². The van der Waals surface area contributed by atoms with Gasteiger partial charge in [0.1, 0.15) is 12.4 Å². The zero-order valence-electron chi connectivity index (χ0n) is 13.8. The van der Waals surface area contributed by atoms with Crippen molar-refractivity contribution in [2.45, 2.75) is 51.7 Å². The van der Waals surface area contributed by atoms with Gasteiger partial charge < -0.3 is 19.9 Å². The summed E-state index contributed by atoms with van der Waals surface area (Å²) >= 11 is 0. The van der Waals surface area contributed by atoms with Crippen LogP contribution < -0.4 is 10.1 Å². The molecule has 124 valence electrons. The van der Waals surface area contributed by atoms with Gasteiger partial charge >= 0.3 is 0 Å². The number of aliphatic hydroxyl groups excluding tert-OH is 1. The lowest BCUT2D eigenvalue weighted by Gasteiger charge is -2.26. The van der Waals surface area contributed by atoms with Crippen LogP contribution in [0.2, 0.25) is 0 Å². The van der Waals surface area contributed by atoms with E-state index in [1.807, 2.05) is 12.1 Å².